The molecule has 2 N–H and O–H groups in total. The van der Waals surface area contributed by atoms with Gasteiger partial charge in [0.2, 0.25) is 0 Å². The van der Waals surface area contributed by atoms with E-state index in [1.165, 1.54) is 12.1 Å². The van der Waals surface area contributed by atoms with Gasteiger partial charge in [-0.25, -0.2) is 13.4 Å². The van der Waals surface area contributed by atoms with Crippen molar-refractivity contribution in [2.45, 2.75) is 4.90 Å². The quantitative estimate of drug-likeness (QED) is 0.417. The monoisotopic (exact) mass is 494 g/mol. The van der Waals surface area contributed by atoms with E-state index in [2.05, 4.69) is 14.9 Å². The predicted molar refractivity (Wildman–Crippen MR) is 134 cm³/mol. The fourth-order valence-electron chi connectivity index (χ4n) is 3.59. The van der Waals surface area contributed by atoms with E-state index in [-0.39, 0.29) is 10.8 Å². The summed E-state index contributed by atoms with van der Waals surface area (Å²) in [7, 11) is -3.69. The van der Waals surface area contributed by atoms with Crippen molar-refractivity contribution < 1.29 is 17.9 Å². The lowest BCUT2D eigenvalue weighted by molar-refractivity contribution is 0.102. The zero-order valence-electron chi connectivity index (χ0n) is 18.1. The largest absolute Gasteiger partial charge is 0.378 e. The van der Waals surface area contributed by atoms with Crippen LogP contribution in [-0.2, 0) is 14.8 Å². The number of amides is 1. The normalized spacial score (nSPS) is 14.2. The van der Waals surface area contributed by atoms with E-state index in [0.29, 0.717) is 30.2 Å². The van der Waals surface area contributed by atoms with Gasteiger partial charge >= 0.3 is 0 Å². The molecule has 174 valence electrons. The summed E-state index contributed by atoms with van der Waals surface area (Å²) < 4.78 is 33.9. The molecule has 0 spiro atoms. The van der Waals surface area contributed by atoms with Crippen molar-refractivity contribution in [3.8, 4) is 0 Å². The molecule has 1 aliphatic heterocycles. The number of rotatable bonds is 6. The first-order chi connectivity index (χ1) is 16.5. The Morgan fingerprint density at radius 1 is 0.941 bits per heavy atom. The molecule has 0 radical (unpaired) electrons. The minimum absolute atomic E-state index is 0.173. The maximum Gasteiger partial charge on any atom is 0.261 e. The first-order valence-corrected chi connectivity index (χ1v) is 13.0. The van der Waals surface area contributed by atoms with Crippen LogP contribution >= 0.6 is 11.3 Å². The lowest BCUT2D eigenvalue weighted by Gasteiger charge is -2.25. The Kier molecular flexibility index (Phi) is 6.18. The number of aromatic nitrogens is 1. The van der Waals surface area contributed by atoms with Crippen LogP contribution in [0.5, 0.6) is 0 Å². The van der Waals surface area contributed by atoms with Gasteiger partial charge in [-0.05, 0) is 54.6 Å². The smallest absolute Gasteiger partial charge is 0.261 e. The summed E-state index contributed by atoms with van der Waals surface area (Å²) in [6, 6.07) is 20.1. The van der Waals surface area contributed by atoms with Crippen LogP contribution in [0.15, 0.2) is 77.7 Å². The zero-order valence-corrected chi connectivity index (χ0v) is 19.7. The molecule has 3 aromatic carbocycles. The average molecular weight is 495 g/mol. The van der Waals surface area contributed by atoms with Gasteiger partial charge in [0.25, 0.3) is 15.9 Å². The summed E-state index contributed by atoms with van der Waals surface area (Å²) in [6.45, 7) is 3.04. The van der Waals surface area contributed by atoms with Crippen molar-refractivity contribution in [1.82, 2.24) is 4.98 Å². The number of carbonyl (C=O) groups excluding carboxylic acids is 1. The number of nitrogens with one attached hydrogen (secondary N) is 2. The highest BCUT2D eigenvalue weighted by Gasteiger charge is 2.17. The predicted octanol–water partition coefficient (Wildman–Crippen LogP) is 4.19. The van der Waals surface area contributed by atoms with E-state index < -0.39 is 10.0 Å². The molecule has 5 rings (SSSR count). The molecule has 1 fully saturated rings. The van der Waals surface area contributed by atoms with Gasteiger partial charge in [0, 0.05) is 30.0 Å². The van der Waals surface area contributed by atoms with E-state index in [4.69, 9.17) is 9.72 Å². The third-order valence-corrected chi connectivity index (χ3v) is 7.85. The number of benzene rings is 3. The van der Waals surface area contributed by atoms with Crippen molar-refractivity contribution in [3.05, 3.63) is 78.4 Å². The van der Waals surface area contributed by atoms with E-state index in [1.54, 1.807) is 53.8 Å². The highest BCUT2D eigenvalue weighted by Crippen LogP contribution is 2.31. The van der Waals surface area contributed by atoms with E-state index in [1.807, 2.05) is 18.2 Å². The highest BCUT2D eigenvalue weighted by molar-refractivity contribution is 7.92. The molecule has 0 aliphatic carbocycles. The lowest BCUT2D eigenvalue weighted by atomic mass is 10.2. The third-order valence-electron chi connectivity index (χ3n) is 5.37. The molecular formula is C24H22N4O4S2. The van der Waals surface area contributed by atoms with Crippen molar-refractivity contribution in [1.29, 1.82) is 0 Å². The van der Waals surface area contributed by atoms with Crippen molar-refractivity contribution >= 4 is 54.0 Å². The Morgan fingerprint density at radius 3 is 2.38 bits per heavy atom. The van der Waals surface area contributed by atoms with Gasteiger partial charge in [-0.15, -0.1) is 0 Å². The van der Waals surface area contributed by atoms with Crippen molar-refractivity contribution in [2.24, 2.45) is 0 Å². The first kappa shape index (κ1) is 22.3. The van der Waals surface area contributed by atoms with Gasteiger partial charge in [-0.2, -0.15) is 0 Å². The SMILES string of the molecule is O=C(Nc1ccc2nc(N3CCOCC3)sc2c1)c1ccc(NS(=O)(=O)c2ccccc2)cc1. The minimum Gasteiger partial charge on any atom is -0.378 e. The molecule has 0 bridgehead atoms. The number of anilines is 3. The first-order valence-electron chi connectivity index (χ1n) is 10.7. The van der Waals surface area contributed by atoms with Crippen LogP contribution in [0.25, 0.3) is 10.2 Å². The van der Waals surface area contributed by atoms with Gasteiger partial charge in [-0.1, -0.05) is 29.5 Å². The highest BCUT2D eigenvalue weighted by atomic mass is 32.2. The molecule has 1 saturated heterocycles. The molecule has 10 heteroatoms. The van der Waals surface area contributed by atoms with Crippen LogP contribution in [0.4, 0.5) is 16.5 Å². The Morgan fingerprint density at radius 2 is 1.65 bits per heavy atom. The van der Waals surface area contributed by atoms with Crippen LogP contribution in [0.1, 0.15) is 10.4 Å². The number of ether oxygens (including phenoxy) is 1. The number of fused-ring (bicyclic) bond motifs is 1. The zero-order chi connectivity index (χ0) is 23.5. The van der Waals surface area contributed by atoms with Gasteiger partial charge < -0.3 is 15.0 Å². The number of hydrogen-bond donors (Lipinski definition) is 2. The topological polar surface area (TPSA) is 101 Å². The minimum atomic E-state index is -3.69. The molecular weight excluding hydrogens is 472 g/mol. The van der Waals surface area contributed by atoms with E-state index in [9.17, 15) is 13.2 Å². The second-order valence-electron chi connectivity index (χ2n) is 7.73. The number of nitrogens with zero attached hydrogens (tertiary/aromatic N) is 2. The Bertz CT molecular complexity index is 1410. The molecule has 8 nitrogen and oxygen atoms in total. The molecule has 1 amide bonds. The maximum atomic E-state index is 12.7. The fraction of sp³-hybridized carbons (Fsp3) is 0.167. The summed E-state index contributed by atoms with van der Waals surface area (Å²) in [6.07, 6.45) is 0. The van der Waals surface area contributed by atoms with Crippen LogP contribution in [-0.4, -0.2) is 45.6 Å². The second-order valence-corrected chi connectivity index (χ2v) is 10.4. The summed E-state index contributed by atoms with van der Waals surface area (Å²) in [5, 5.41) is 3.85. The second kappa shape index (κ2) is 9.41. The summed E-state index contributed by atoms with van der Waals surface area (Å²) in [4.78, 5) is 19.8. The molecule has 0 atom stereocenters. The maximum absolute atomic E-state index is 12.7. The summed E-state index contributed by atoms with van der Waals surface area (Å²) in [5.41, 5.74) is 2.35. The molecule has 4 aromatic rings. The van der Waals surface area contributed by atoms with Crippen LogP contribution < -0.4 is 14.9 Å². The van der Waals surface area contributed by atoms with Crippen LogP contribution in [0, 0.1) is 0 Å². The van der Waals surface area contributed by atoms with Crippen molar-refractivity contribution in [2.75, 3.05) is 41.2 Å². The molecule has 34 heavy (non-hydrogen) atoms. The van der Waals surface area contributed by atoms with Gasteiger partial charge in [0.05, 0.1) is 28.3 Å². The van der Waals surface area contributed by atoms with Gasteiger partial charge in [-0.3, -0.25) is 9.52 Å². The average Bonchev–Trinajstić information content (AvgIpc) is 3.29. The third kappa shape index (κ3) is 4.89. The number of sulfonamides is 1. The number of thiazole rings is 1. The molecule has 1 aromatic heterocycles. The Hall–Kier alpha value is -3.47. The van der Waals surface area contributed by atoms with E-state index in [0.717, 1.165) is 28.4 Å². The summed E-state index contributed by atoms with van der Waals surface area (Å²) in [5.74, 6) is -0.283. The number of morpholine rings is 1. The fourth-order valence-corrected chi connectivity index (χ4v) is 5.72. The summed E-state index contributed by atoms with van der Waals surface area (Å²) >= 11 is 1.59. The Labute approximate surface area is 201 Å². The van der Waals surface area contributed by atoms with Crippen LogP contribution in [0.2, 0.25) is 0 Å². The van der Waals surface area contributed by atoms with Crippen LogP contribution in [0.3, 0.4) is 0 Å². The lowest BCUT2D eigenvalue weighted by Crippen LogP contribution is -2.36. The standard InChI is InChI=1S/C24H22N4O4S2/c29-23(17-6-8-18(9-7-17)27-34(30,31)20-4-2-1-3-5-20)25-19-10-11-21-22(16-19)33-24(26-21)28-12-14-32-15-13-28/h1-11,16,27H,12-15H2,(H,25,29). The number of hydrogen-bond acceptors (Lipinski definition) is 7. The number of carbonyl (C=O) groups is 1. The van der Waals surface area contributed by atoms with Gasteiger partial charge in [0.1, 0.15) is 0 Å². The molecule has 2 heterocycles. The van der Waals surface area contributed by atoms with E-state index >= 15 is 0 Å². The molecule has 1 aliphatic rings. The molecule has 0 unspecified atom stereocenters. The Balaban J connectivity index is 1.26. The molecule has 0 saturated carbocycles. The van der Waals surface area contributed by atoms with Crippen molar-refractivity contribution in [3.63, 3.8) is 0 Å². The van der Waals surface area contributed by atoms with Gasteiger partial charge in [0.15, 0.2) is 5.13 Å².